The Morgan fingerprint density at radius 2 is 2.44 bits per heavy atom. The highest BCUT2D eigenvalue weighted by Crippen LogP contribution is 2.26. The second-order valence-corrected chi connectivity index (χ2v) is 5.91. The van der Waals surface area contributed by atoms with Crippen LogP contribution < -0.4 is 5.73 Å². The minimum absolute atomic E-state index is 0.0703. The average molecular weight is 268 g/mol. The molecule has 0 radical (unpaired) electrons. The fourth-order valence-corrected chi connectivity index (χ4v) is 3.12. The summed E-state index contributed by atoms with van der Waals surface area (Å²) in [5.41, 5.74) is 5.89. The van der Waals surface area contributed by atoms with E-state index in [0.717, 1.165) is 30.7 Å². The third-order valence-electron chi connectivity index (χ3n) is 3.28. The molecular weight excluding hydrogens is 248 g/mol. The van der Waals surface area contributed by atoms with E-state index in [2.05, 4.69) is 11.9 Å². The highest BCUT2D eigenvalue weighted by molar-refractivity contribution is 7.09. The fraction of sp³-hybridized carbons (Fsp3) is 0.692. The van der Waals surface area contributed by atoms with Gasteiger partial charge in [-0.3, -0.25) is 0 Å². The van der Waals surface area contributed by atoms with E-state index in [-0.39, 0.29) is 12.1 Å². The Labute approximate surface area is 112 Å². The molecular formula is C13H20N2O2S. The highest BCUT2D eigenvalue weighted by atomic mass is 32.1. The molecule has 100 valence electrons. The number of hydrogen-bond acceptors (Lipinski definition) is 5. The molecule has 0 amide bonds. The number of nitrogens with two attached hydrogens (primary N) is 1. The lowest BCUT2D eigenvalue weighted by molar-refractivity contribution is 0.0149. The zero-order chi connectivity index (χ0) is 13.0. The zero-order valence-corrected chi connectivity index (χ0v) is 11.5. The van der Waals surface area contributed by atoms with Gasteiger partial charge < -0.3 is 10.5 Å². The molecule has 0 aromatic carbocycles. The number of nitrogens with zero attached hydrogens (tertiary/aromatic N) is 1. The van der Waals surface area contributed by atoms with Crippen LogP contribution in [-0.4, -0.2) is 23.6 Å². The maximum absolute atomic E-state index is 11.9. The zero-order valence-electron chi connectivity index (χ0n) is 10.7. The lowest BCUT2D eigenvalue weighted by Crippen LogP contribution is -2.24. The minimum Gasteiger partial charge on any atom is -0.458 e. The summed E-state index contributed by atoms with van der Waals surface area (Å²) in [7, 11) is 0. The molecule has 2 unspecified atom stereocenters. The van der Waals surface area contributed by atoms with Gasteiger partial charge in [-0.15, -0.1) is 11.3 Å². The quantitative estimate of drug-likeness (QED) is 0.851. The number of esters is 1. The summed E-state index contributed by atoms with van der Waals surface area (Å²) in [6.07, 6.45) is 5.14. The molecule has 1 fully saturated rings. The van der Waals surface area contributed by atoms with Crippen LogP contribution in [0.3, 0.4) is 0 Å². The molecule has 2 atom stereocenters. The van der Waals surface area contributed by atoms with Crippen LogP contribution in [0.4, 0.5) is 0 Å². The molecule has 1 aromatic heterocycles. The summed E-state index contributed by atoms with van der Waals surface area (Å²) in [5.74, 6) is 0.369. The van der Waals surface area contributed by atoms with Gasteiger partial charge in [0.05, 0.1) is 5.01 Å². The second-order valence-electron chi connectivity index (χ2n) is 4.96. The number of hydrogen-bond donors (Lipinski definition) is 1. The molecule has 1 heterocycles. The average Bonchev–Trinajstić information content (AvgIpc) is 2.78. The van der Waals surface area contributed by atoms with Crippen molar-refractivity contribution in [1.82, 2.24) is 4.98 Å². The van der Waals surface area contributed by atoms with E-state index in [0.29, 0.717) is 18.2 Å². The Kier molecular flexibility index (Phi) is 4.72. The van der Waals surface area contributed by atoms with Crippen molar-refractivity contribution in [2.24, 2.45) is 11.7 Å². The number of thiazole rings is 1. The van der Waals surface area contributed by atoms with Crippen molar-refractivity contribution < 1.29 is 9.53 Å². The molecule has 1 saturated carbocycles. The summed E-state index contributed by atoms with van der Waals surface area (Å²) >= 11 is 1.47. The Morgan fingerprint density at radius 3 is 3.17 bits per heavy atom. The van der Waals surface area contributed by atoms with E-state index >= 15 is 0 Å². The number of ether oxygens (including phenoxy) is 1. The summed E-state index contributed by atoms with van der Waals surface area (Å²) in [6.45, 7) is 2.77. The van der Waals surface area contributed by atoms with Crippen LogP contribution in [0.1, 0.15) is 48.1 Å². The van der Waals surface area contributed by atoms with Crippen molar-refractivity contribution >= 4 is 17.3 Å². The monoisotopic (exact) mass is 268 g/mol. The van der Waals surface area contributed by atoms with Crippen LogP contribution in [-0.2, 0) is 11.2 Å². The lowest BCUT2D eigenvalue weighted by Gasteiger charge is -2.26. The van der Waals surface area contributed by atoms with Crippen LogP contribution in [0.2, 0.25) is 0 Å². The van der Waals surface area contributed by atoms with Crippen LogP contribution in [0, 0.1) is 5.92 Å². The molecule has 5 heteroatoms. The Balaban J connectivity index is 1.90. The lowest BCUT2D eigenvalue weighted by atomic mass is 9.89. The van der Waals surface area contributed by atoms with Gasteiger partial charge in [-0.2, -0.15) is 0 Å². The predicted molar refractivity (Wildman–Crippen MR) is 71.7 cm³/mol. The van der Waals surface area contributed by atoms with Crippen molar-refractivity contribution in [3.8, 4) is 0 Å². The van der Waals surface area contributed by atoms with Crippen LogP contribution in [0.25, 0.3) is 0 Å². The normalized spacial score (nSPS) is 23.9. The van der Waals surface area contributed by atoms with E-state index in [9.17, 15) is 4.79 Å². The van der Waals surface area contributed by atoms with Gasteiger partial charge in [0.2, 0.25) is 0 Å². The molecule has 4 nitrogen and oxygen atoms in total. The van der Waals surface area contributed by atoms with Gasteiger partial charge in [-0.05, 0) is 31.7 Å². The highest BCUT2D eigenvalue weighted by Gasteiger charge is 2.23. The Bertz CT molecular complexity index is 405. The van der Waals surface area contributed by atoms with E-state index in [4.69, 9.17) is 10.5 Å². The number of carbonyl (C=O) groups excluding carboxylic acids is 1. The number of rotatable bonds is 4. The first-order chi connectivity index (χ1) is 8.69. The van der Waals surface area contributed by atoms with Crippen LogP contribution in [0.5, 0.6) is 0 Å². The van der Waals surface area contributed by atoms with Gasteiger partial charge in [0, 0.05) is 11.8 Å². The van der Waals surface area contributed by atoms with Gasteiger partial charge in [-0.25, -0.2) is 9.78 Å². The van der Waals surface area contributed by atoms with Crippen molar-refractivity contribution in [2.45, 2.75) is 45.1 Å². The maximum Gasteiger partial charge on any atom is 0.358 e. The van der Waals surface area contributed by atoms with Gasteiger partial charge in [-0.1, -0.05) is 13.3 Å². The summed E-state index contributed by atoms with van der Waals surface area (Å²) in [6, 6.07) is 0. The van der Waals surface area contributed by atoms with Crippen molar-refractivity contribution in [2.75, 3.05) is 6.54 Å². The minimum atomic E-state index is -0.284. The van der Waals surface area contributed by atoms with Crippen LogP contribution >= 0.6 is 11.3 Å². The van der Waals surface area contributed by atoms with E-state index in [1.165, 1.54) is 17.8 Å². The summed E-state index contributed by atoms with van der Waals surface area (Å²) in [4.78, 5) is 16.2. The second kappa shape index (κ2) is 6.29. The first-order valence-electron chi connectivity index (χ1n) is 6.54. The molecule has 2 rings (SSSR count). The molecule has 1 aliphatic carbocycles. The predicted octanol–water partition coefficient (Wildman–Crippen LogP) is 2.38. The number of carbonyl (C=O) groups is 1. The molecule has 1 aromatic rings. The van der Waals surface area contributed by atoms with Crippen molar-refractivity contribution in [1.29, 1.82) is 0 Å². The summed E-state index contributed by atoms with van der Waals surface area (Å²) < 4.78 is 5.51. The molecule has 0 bridgehead atoms. The third-order valence-corrected chi connectivity index (χ3v) is 4.19. The van der Waals surface area contributed by atoms with Gasteiger partial charge >= 0.3 is 5.97 Å². The van der Waals surface area contributed by atoms with Gasteiger partial charge in [0.1, 0.15) is 6.10 Å². The van der Waals surface area contributed by atoms with Crippen molar-refractivity contribution in [3.05, 3.63) is 16.1 Å². The molecule has 0 spiro atoms. The fourth-order valence-electron chi connectivity index (χ4n) is 2.34. The Hall–Kier alpha value is -0.940. The maximum atomic E-state index is 11.9. The molecule has 0 saturated heterocycles. The third kappa shape index (κ3) is 3.53. The largest absolute Gasteiger partial charge is 0.458 e. The summed E-state index contributed by atoms with van der Waals surface area (Å²) in [5, 5.41) is 2.67. The SMILES string of the molecule is CC1CCCC(OC(=O)c2csc(CCN)n2)C1. The molecule has 2 N–H and O–H groups in total. The van der Waals surface area contributed by atoms with E-state index < -0.39 is 0 Å². The molecule has 1 aliphatic rings. The van der Waals surface area contributed by atoms with Crippen LogP contribution in [0.15, 0.2) is 5.38 Å². The topological polar surface area (TPSA) is 65.2 Å². The Morgan fingerprint density at radius 1 is 1.61 bits per heavy atom. The molecule has 0 aliphatic heterocycles. The van der Waals surface area contributed by atoms with E-state index in [1.54, 1.807) is 5.38 Å². The van der Waals surface area contributed by atoms with Crippen molar-refractivity contribution in [3.63, 3.8) is 0 Å². The van der Waals surface area contributed by atoms with Gasteiger partial charge in [0.15, 0.2) is 5.69 Å². The first-order valence-corrected chi connectivity index (χ1v) is 7.42. The first kappa shape index (κ1) is 13.5. The molecule has 18 heavy (non-hydrogen) atoms. The van der Waals surface area contributed by atoms with Gasteiger partial charge in [0.25, 0.3) is 0 Å². The standard InChI is InChI=1S/C13H20N2O2S/c1-9-3-2-4-10(7-9)17-13(16)11-8-18-12(15-11)5-6-14/h8-10H,2-7,14H2,1H3. The van der Waals surface area contributed by atoms with E-state index in [1.807, 2.05) is 0 Å². The number of aromatic nitrogens is 1. The smallest absolute Gasteiger partial charge is 0.358 e.